The first-order valence-corrected chi connectivity index (χ1v) is 5.63. The number of carbonyl (C=O) groups is 2. The zero-order valence-corrected chi connectivity index (χ0v) is 10.6. The Morgan fingerprint density at radius 1 is 1.26 bits per heavy atom. The van der Waals surface area contributed by atoms with Crippen LogP contribution in [0.1, 0.15) is 20.9 Å². The summed E-state index contributed by atoms with van der Waals surface area (Å²) in [6.45, 7) is 0. The highest BCUT2D eigenvalue weighted by atomic mass is 16.3. The van der Waals surface area contributed by atoms with E-state index in [4.69, 9.17) is 4.42 Å². The van der Waals surface area contributed by atoms with Crippen LogP contribution in [0.2, 0.25) is 0 Å². The van der Waals surface area contributed by atoms with Crippen LogP contribution in [-0.4, -0.2) is 36.3 Å². The Balaban J connectivity index is 2.46. The number of phenolic OH excluding ortho intramolecular Hbond substituents is 1. The molecule has 1 N–H and O–H groups in total. The maximum Gasteiger partial charge on any atom is 0.257 e. The molecule has 0 saturated heterocycles. The fourth-order valence-corrected chi connectivity index (χ4v) is 1.67. The lowest BCUT2D eigenvalue weighted by molar-refractivity contribution is 0.0824. The van der Waals surface area contributed by atoms with Crippen LogP contribution >= 0.6 is 0 Å². The predicted molar refractivity (Wildman–Crippen MR) is 69.2 cm³/mol. The molecule has 0 spiro atoms. The molecule has 1 amide bonds. The standard InChI is InChI=1S/C14H13NO4/c1-15(2)14(18)11-7-9(3-5-12(11)17)13-6-4-10(8-16)19-13/h3-8,17H,1-2H3. The number of hydrogen-bond acceptors (Lipinski definition) is 4. The molecule has 2 aromatic rings. The Labute approximate surface area is 110 Å². The van der Waals surface area contributed by atoms with Gasteiger partial charge in [-0.1, -0.05) is 0 Å². The number of furan rings is 1. The normalized spacial score (nSPS) is 10.2. The molecule has 0 aliphatic heterocycles. The maximum absolute atomic E-state index is 11.9. The molecule has 0 fully saturated rings. The van der Waals surface area contributed by atoms with Crippen LogP contribution < -0.4 is 0 Å². The number of rotatable bonds is 3. The molecular weight excluding hydrogens is 246 g/mol. The lowest BCUT2D eigenvalue weighted by atomic mass is 10.1. The molecule has 0 saturated carbocycles. The SMILES string of the molecule is CN(C)C(=O)c1cc(-c2ccc(C=O)o2)ccc1O. The van der Waals surface area contributed by atoms with Crippen molar-refractivity contribution in [2.75, 3.05) is 14.1 Å². The molecule has 19 heavy (non-hydrogen) atoms. The minimum Gasteiger partial charge on any atom is -0.507 e. The van der Waals surface area contributed by atoms with Gasteiger partial charge in [-0.15, -0.1) is 0 Å². The maximum atomic E-state index is 11.9. The van der Waals surface area contributed by atoms with Gasteiger partial charge in [0.2, 0.25) is 0 Å². The summed E-state index contributed by atoms with van der Waals surface area (Å²) < 4.78 is 5.28. The van der Waals surface area contributed by atoms with Crippen LogP contribution in [-0.2, 0) is 0 Å². The third-order valence-electron chi connectivity index (χ3n) is 2.66. The van der Waals surface area contributed by atoms with Crippen molar-refractivity contribution in [3.63, 3.8) is 0 Å². The van der Waals surface area contributed by atoms with Gasteiger partial charge < -0.3 is 14.4 Å². The van der Waals surface area contributed by atoms with Crippen LogP contribution in [0.25, 0.3) is 11.3 Å². The van der Waals surface area contributed by atoms with Gasteiger partial charge >= 0.3 is 0 Å². The average Bonchev–Trinajstić information content (AvgIpc) is 2.87. The Morgan fingerprint density at radius 2 is 2.00 bits per heavy atom. The lowest BCUT2D eigenvalue weighted by Gasteiger charge is -2.12. The number of phenols is 1. The third kappa shape index (κ3) is 2.49. The molecule has 0 bridgehead atoms. The summed E-state index contributed by atoms with van der Waals surface area (Å²) in [4.78, 5) is 23.8. The molecule has 0 aliphatic carbocycles. The van der Waals surface area contributed by atoms with Gasteiger partial charge in [0.15, 0.2) is 12.0 Å². The zero-order valence-electron chi connectivity index (χ0n) is 10.6. The minimum atomic E-state index is -0.304. The first-order valence-electron chi connectivity index (χ1n) is 5.63. The Morgan fingerprint density at radius 3 is 2.58 bits per heavy atom. The minimum absolute atomic E-state index is 0.0929. The molecule has 1 aromatic carbocycles. The predicted octanol–water partition coefficient (Wildman–Crippen LogP) is 2.17. The quantitative estimate of drug-likeness (QED) is 0.857. The van der Waals surface area contributed by atoms with E-state index in [2.05, 4.69) is 0 Å². The molecule has 0 atom stereocenters. The highest BCUT2D eigenvalue weighted by Crippen LogP contribution is 2.27. The van der Waals surface area contributed by atoms with E-state index in [1.807, 2.05) is 0 Å². The van der Waals surface area contributed by atoms with Gasteiger partial charge in [-0.05, 0) is 30.3 Å². The highest BCUT2D eigenvalue weighted by molar-refractivity contribution is 5.97. The van der Waals surface area contributed by atoms with Crippen LogP contribution in [0.15, 0.2) is 34.7 Å². The van der Waals surface area contributed by atoms with Crippen molar-refractivity contribution in [3.8, 4) is 17.1 Å². The van der Waals surface area contributed by atoms with Crippen LogP contribution in [0.5, 0.6) is 5.75 Å². The largest absolute Gasteiger partial charge is 0.507 e. The molecule has 5 heteroatoms. The van der Waals surface area contributed by atoms with Crippen molar-refractivity contribution in [2.45, 2.75) is 0 Å². The van der Waals surface area contributed by atoms with E-state index in [1.165, 1.54) is 17.0 Å². The second kappa shape index (κ2) is 4.97. The highest BCUT2D eigenvalue weighted by Gasteiger charge is 2.15. The van der Waals surface area contributed by atoms with Gasteiger partial charge in [-0.2, -0.15) is 0 Å². The molecule has 0 aliphatic rings. The Hall–Kier alpha value is -2.56. The van der Waals surface area contributed by atoms with Gasteiger partial charge in [0.1, 0.15) is 11.5 Å². The van der Waals surface area contributed by atoms with Crippen molar-refractivity contribution in [1.82, 2.24) is 4.90 Å². The number of aldehydes is 1. The number of aromatic hydroxyl groups is 1. The van der Waals surface area contributed by atoms with Gasteiger partial charge in [0.25, 0.3) is 5.91 Å². The first kappa shape index (κ1) is 12.9. The molecule has 0 unspecified atom stereocenters. The Kier molecular flexibility index (Phi) is 3.37. The van der Waals surface area contributed by atoms with Crippen LogP contribution in [0.4, 0.5) is 0 Å². The van der Waals surface area contributed by atoms with Crippen molar-refractivity contribution in [1.29, 1.82) is 0 Å². The lowest BCUT2D eigenvalue weighted by Crippen LogP contribution is -2.21. The zero-order chi connectivity index (χ0) is 14.0. The van der Waals surface area contributed by atoms with E-state index in [0.29, 0.717) is 17.6 Å². The van der Waals surface area contributed by atoms with E-state index in [9.17, 15) is 14.7 Å². The van der Waals surface area contributed by atoms with E-state index >= 15 is 0 Å². The summed E-state index contributed by atoms with van der Waals surface area (Å²) in [7, 11) is 3.21. The van der Waals surface area contributed by atoms with Gasteiger partial charge in [-0.3, -0.25) is 9.59 Å². The average molecular weight is 259 g/mol. The van der Waals surface area contributed by atoms with Crippen molar-refractivity contribution in [3.05, 3.63) is 41.7 Å². The van der Waals surface area contributed by atoms with Crippen molar-refractivity contribution >= 4 is 12.2 Å². The number of carbonyl (C=O) groups excluding carboxylic acids is 2. The van der Waals surface area contributed by atoms with Crippen LogP contribution in [0.3, 0.4) is 0 Å². The fraction of sp³-hybridized carbons (Fsp3) is 0.143. The smallest absolute Gasteiger partial charge is 0.257 e. The second-order valence-electron chi connectivity index (χ2n) is 4.25. The van der Waals surface area contributed by atoms with E-state index in [0.717, 1.165) is 0 Å². The summed E-state index contributed by atoms with van der Waals surface area (Å²) >= 11 is 0. The first-order chi connectivity index (χ1) is 9.02. The van der Waals surface area contributed by atoms with E-state index in [1.54, 1.807) is 32.3 Å². The van der Waals surface area contributed by atoms with Crippen molar-refractivity contribution in [2.24, 2.45) is 0 Å². The topological polar surface area (TPSA) is 70.8 Å². The molecule has 2 rings (SSSR count). The second-order valence-corrected chi connectivity index (χ2v) is 4.25. The molecular formula is C14H13NO4. The molecule has 0 radical (unpaired) electrons. The van der Waals surface area contributed by atoms with Crippen LogP contribution in [0, 0.1) is 0 Å². The molecule has 1 aromatic heterocycles. The number of benzene rings is 1. The molecule has 98 valence electrons. The molecule has 5 nitrogen and oxygen atoms in total. The summed E-state index contributed by atoms with van der Waals surface area (Å²) in [5, 5.41) is 9.72. The van der Waals surface area contributed by atoms with E-state index < -0.39 is 0 Å². The Bertz CT molecular complexity index is 628. The van der Waals surface area contributed by atoms with E-state index in [-0.39, 0.29) is 23.0 Å². The van der Waals surface area contributed by atoms with Crippen molar-refractivity contribution < 1.29 is 19.1 Å². The van der Waals surface area contributed by atoms with Gasteiger partial charge in [0.05, 0.1) is 5.56 Å². The van der Waals surface area contributed by atoms with Gasteiger partial charge in [0, 0.05) is 19.7 Å². The molecule has 1 heterocycles. The fourth-order valence-electron chi connectivity index (χ4n) is 1.67. The third-order valence-corrected chi connectivity index (χ3v) is 2.66. The van der Waals surface area contributed by atoms with Gasteiger partial charge in [-0.25, -0.2) is 0 Å². The summed E-state index contributed by atoms with van der Waals surface area (Å²) in [5.41, 5.74) is 0.808. The number of amides is 1. The number of hydrogen-bond donors (Lipinski definition) is 1. The monoisotopic (exact) mass is 259 g/mol. The summed E-state index contributed by atoms with van der Waals surface area (Å²) in [6, 6.07) is 7.76. The summed E-state index contributed by atoms with van der Waals surface area (Å²) in [5.74, 6) is 0.282. The number of nitrogens with zero attached hydrogens (tertiary/aromatic N) is 1. The summed E-state index contributed by atoms with van der Waals surface area (Å²) in [6.07, 6.45) is 0.607.